The molecule has 1 aliphatic rings. The first-order chi connectivity index (χ1) is 12.4. The van der Waals surface area contributed by atoms with Crippen LogP contribution >= 0.6 is 12.4 Å². The van der Waals surface area contributed by atoms with Gasteiger partial charge in [-0.3, -0.25) is 19.2 Å². The van der Waals surface area contributed by atoms with Gasteiger partial charge >= 0.3 is 5.69 Å². The number of aryl methyl sites for hydroxylation is 2. The second kappa shape index (κ2) is 8.69. The minimum Gasteiger partial charge on any atom is -0.506 e. The van der Waals surface area contributed by atoms with Crippen LogP contribution in [0, 0.1) is 6.92 Å². The summed E-state index contributed by atoms with van der Waals surface area (Å²) in [6.07, 6.45) is 2.56. The van der Waals surface area contributed by atoms with Gasteiger partial charge < -0.3 is 15.0 Å². The van der Waals surface area contributed by atoms with Crippen LogP contribution in [0.3, 0.4) is 0 Å². The van der Waals surface area contributed by atoms with E-state index < -0.39 is 0 Å². The maximum absolute atomic E-state index is 12.5. The predicted octanol–water partition coefficient (Wildman–Crippen LogP) is 0.279. The van der Waals surface area contributed by atoms with Crippen LogP contribution in [0.4, 0.5) is 0 Å². The molecule has 2 N–H and O–H groups in total. The van der Waals surface area contributed by atoms with Gasteiger partial charge in [-0.15, -0.1) is 12.4 Å². The molecule has 1 unspecified atom stereocenters. The third-order valence-electron chi connectivity index (χ3n) is 4.88. The highest BCUT2D eigenvalue weighted by molar-refractivity contribution is 5.85. The fourth-order valence-electron chi connectivity index (χ4n) is 3.39. The lowest BCUT2D eigenvalue weighted by molar-refractivity contribution is 0.184. The fraction of sp³-hybridized carbons (Fsp3) is 0.500. The van der Waals surface area contributed by atoms with Gasteiger partial charge in [-0.05, 0) is 32.0 Å². The highest BCUT2D eigenvalue weighted by Gasteiger charge is 2.25. The van der Waals surface area contributed by atoms with Crippen LogP contribution in [0.2, 0.25) is 0 Å². The van der Waals surface area contributed by atoms with E-state index in [1.54, 1.807) is 25.4 Å². The van der Waals surface area contributed by atoms with E-state index in [9.17, 15) is 14.7 Å². The molecule has 1 aliphatic heterocycles. The van der Waals surface area contributed by atoms with Gasteiger partial charge in [0.25, 0.3) is 5.56 Å². The average molecular weight is 396 g/mol. The summed E-state index contributed by atoms with van der Waals surface area (Å²) in [6, 6.07) is 3.65. The van der Waals surface area contributed by atoms with E-state index in [1.807, 2.05) is 6.92 Å². The Morgan fingerprint density at radius 3 is 2.70 bits per heavy atom. The van der Waals surface area contributed by atoms with Crippen LogP contribution in [0.5, 0.6) is 5.75 Å². The topological polar surface area (TPSA) is 92.4 Å². The zero-order valence-electron chi connectivity index (χ0n) is 15.8. The molecular weight excluding hydrogens is 370 g/mol. The molecule has 8 nitrogen and oxygen atoms in total. The van der Waals surface area contributed by atoms with E-state index in [4.69, 9.17) is 0 Å². The van der Waals surface area contributed by atoms with Crippen LogP contribution in [-0.4, -0.2) is 43.3 Å². The molecule has 148 valence electrons. The monoisotopic (exact) mass is 395 g/mol. The Morgan fingerprint density at radius 1 is 1.30 bits per heavy atom. The van der Waals surface area contributed by atoms with Crippen molar-refractivity contribution in [2.24, 2.45) is 14.1 Å². The zero-order valence-corrected chi connectivity index (χ0v) is 16.6. The first-order valence-corrected chi connectivity index (χ1v) is 8.72. The highest BCUT2D eigenvalue weighted by atomic mass is 35.5. The van der Waals surface area contributed by atoms with Gasteiger partial charge in [-0.1, -0.05) is 0 Å². The van der Waals surface area contributed by atoms with Gasteiger partial charge in [0.05, 0.1) is 5.69 Å². The number of rotatable bonds is 5. The van der Waals surface area contributed by atoms with Crippen molar-refractivity contribution in [3.63, 3.8) is 0 Å². The molecule has 0 bridgehead atoms. The molecule has 0 aromatic carbocycles. The van der Waals surface area contributed by atoms with Gasteiger partial charge in [-0.2, -0.15) is 0 Å². The molecule has 1 atom stereocenters. The molecule has 2 aromatic rings. The smallest absolute Gasteiger partial charge is 0.330 e. The molecule has 1 saturated heterocycles. The van der Waals surface area contributed by atoms with E-state index in [-0.39, 0.29) is 35.4 Å². The van der Waals surface area contributed by atoms with Gasteiger partial charge in [0.2, 0.25) is 0 Å². The van der Waals surface area contributed by atoms with Crippen molar-refractivity contribution < 1.29 is 5.11 Å². The van der Waals surface area contributed by atoms with Crippen LogP contribution in [0.1, 0.15) is 23.4 Å². The molecule has 0 radical (unpaired) electrons. The highest BCUT2D eigenvalue weighted by Crippen LogP contribution is 2.21. The maximum Gasteiger partial charge on any atom is 0.330 e. The summed E-state index contributed by atoms with van der Waals surface area (Å²) in [7, 11) is 3.13. The number of aromatic hydroxyl groups is 1. The Labute approximate surface area is 163 Å². The van der Waals surface area contributed by atoms with Gasteiger partial charge in [0, 0.05) is 57.2 Å². The lowest BCUT2D eigenvalue weighted by Crippen LogP contribution is -2.42. The zero-order chi connectivity index (χ0) is 18.8. The van der Waals surface area contributed by atoms with Crippen LogP contribution < -0.4 is 16.6 Å². The van der Waals surface area contributed by atoms with Crippen molar-refractivity contribution in [1.29, 1.82) is 0 Å². The Morgan fingerprint density at radius 2 is 2.04 bits per heavy atom. The number of hydrogen-bond donors (Lipinski definition) is 2. The van der Waals surface area contributed by atoms with E-state index in [0.29, 0.717) is 24.3 Å². The Balaban J connectivity index is 0.00000261. The van der Waals surface area contributed by atoms with Crippen molar-refractivity contribution in [1.82, 2.24) is 24.3 Å². The normalized spacial score (nSPS) is 16.5. The van der Waals surface area contributed by atoms with E-state index in [0.717, 1.165) is 29.8 Å². The number of nitrogens with one attached hydrogen (secondary N) is 1. The van der Waals surface area contributed by atoms with Crippen molar-refractivity contribution in [2.75, 3.05) is 13.1 Å². The summed E-state index contributed by atoms with van der Waals surface area (Å²) in [5.41, 5.74) is 1.35. The molecule has 0 amide bonds. The fourth-order valence-corrected chi connectivity index (χ4v) is 3.39. The molecule has 9 heteroatoms. The number of hydrogen-bond acceptors (Lipinski definition) is 6. The van der Waals surface area contributed by atoms with Gasteiger partial charge in [0.15, 0.2) is 0 Å². The second-order valence-electron chi connectivity index (χ2n) is 6.88. The van der Waals surface area contributed by atoms with Crippen LogP contribution in [0.25, 0.3) is 0 Å². The third kappa shape index (κ3) is 4.58. The Hall–Kier alpha value is -2.16. The predicted molar refractivity (Wildman–Crippen MR) is 105 cm³/mol. The van der Waals surface area contributed by atoms with Gasteiger partial charge in [0.1, 0.15) is 5.75 Å². The van der Waals surface area contributed by atoms with Crippen LogP contribution in [0.15, 0.2) is 27.9 Å². The maximum atomic E-state index is 12.5. The third-order valence-corrected chi connectivity index (χ3v) is 4.88. The van der Waals surface area contributed by atoms with E-state index in [1.165, 1.54) is 11.6 Å². The summed E-state index contributed by atoms with van der Waals surface area (Å²) in [5, 5.41) is 13.5. The number of aromatic nitrogens is 3. The summed E-state index contributed by atoms with van der Waals surface area (Å²) in [6.45, 7) is 4.44. The first kappa shape index (κ1) is 21.1. The minimum atomic E-state index is -0.342. The molecule has 1 fully saturated rings. The summed E-state index contributed by atoms with van der Waals surface area (Å²) in [4.78, 5) is 31.0. The Bertz CT molecular complexity index is 918. The lowest BCUT2D eigenvalue weighted by atomic mass is 10.1. The molecule has 3 heterocycles. The minimum absolute atomic E-state index is 0. The molecule has 0 spiro atoms. The number of pyridine rings is 1. The number of nitrogens with zero attached hydrogens (tertiary/aromatic N) is 4. The largest absolute Gasteiger partial charge is 0.506 e. The number of halogens is 1. The molecule has 27 heavy (non-hydrogen) atoms. The summed E-state index contributed by atoms with van der Waals surface area (Å²) in [5.74, 6) is 0.153. The van der Waals surface area contributed by atoms with E-state index >= 15 is 0 Å². The van der Waals surface area contributed by atoms with Crippen molar-refractivity contribution in [2.45, 2.75) is 32.5 Å². The molecule has 3 rings (SSSR count). The quantitative estimate of drug-likeness (QED) is 0.755. The summed E-state index contributed by atoms with van der Waals surface area (Å²) < 4.78 is 2.55. The molecule has 2 aromatic heterocycles. The van der Waals surface area contributed by atoms with Crippen molar-refractivity contribution >= 4 is 12.4 Å². The van der Waals surface area contributed by atoms with E-state index in [2.05, 4.69) is 15.2 Å². The molecular formula is C18H26ClN5O3. The van der Waals surface area contributed by atoms with Crippen molar-refractivity contribution in [3.05, 3.63) is 56.1 Å². The van der Waals surface area contributed by atoms with Crippen molar-refractivity contribution in [3.8, 4) is 5.75 Å². The first-order valence-electron chi connectivity index (χ1n) is 8.72. The summed E-state index contributed by atoms with van der Waals surface area (Å²) >= 11 is 0. The molecule has 0 saturated carbocycles. The standard InChI is InChI=1S/C18H25N5O3.ClH/c1-12-4-5-16(24)15(20-12)11-23(14-6-7-19-8-14)10-13-9-21(2)18(26)22(3)17(13)25;/h4-5,9,14,19,24H,6-8,10-11H2,1-3H3;1H. The molecule has 0 aliphatic carbocycles. The van der Waals surface area contributed by atoms with Crippen LogP contribution in [-0.2, 0) is 27.2 Å². The lowest BCUT2D eigenvalue weighted by Gasteiger charge is -2.28. The van der Waals surface area contributed by atoms with Gasteiger partial charge in [-0.25, -0.2) is 4.79 Å². The average Bonchev–Trinajstić information content (AvgIpc) is 3.14. The SMILES string of the molecule is Cc1ccc(O)c(CN(Cc2cn(C)c(=O)n(C)c2=O)C2CCNC2)n1.Cl. The Kier molecular flexibility index (Phi) is 6.80. The second-order valence-corrected chi connectivity index (χ2v) is 6.88.